The molecule has 0 bridgehead atoms. The fraction of sp³-hybridized carbons (Fsp3) is 0.294. The third-order valence-electron chi connectivity index (χ3n) is 3.56. The number of hydrogen-bond acceptors (Lipinski definition) is 9. The van der Waals surface area contributed by atoms with Gasteiger partial charge in [-0.1, -0.05) is 17.8 Å². The van der Waals surface area contributed by atoms with Crippen molar-refractivity contribution in [1.29, 1.82) is 0 Å². The average molecular weight is 392 g/mol. The van der Waals surface area contributed by atoms with Gasteiger partial charge < -0.3 is 23.7 Å². The maximum atomic E-state index is 10.0. The van der Waals surface area contributed by atoms with Gasteiger partial charge in [-0.25, -0.2) is 0 Å². The van der Waals surface area contributed by atoms with E-state index in [4.69, 9.17) is 18.6 Å². The molecule has 3 aromatic rings. The highest BCUT2D eigenvalue weighted by Gasteiger charge is 2.17. The summed E-state index contributed by atoms with van der Waals surface area (Å²) in [5.74, 6) is 2.17. The van der Waals surface area contributed by atoms with E-state index in [1.54, 1.807) is 17.4 Å². The molecule has 0 amide bonds. The van der Waals surface area contributed by atoms with Gasteiger partial charge in [0, 0.05) is 16.2 Å². The van der Waals surface area contributed by atoms with Crippen LogP contribution in [0.3, 0.4) is 0 Å². The lowest BCUT2D eigenvalue weighted by atomic mass is 10.2. The van der Waals surface area contributed by atoms with Gasteiger partial charge in [-0.05, 0) is 29.6 Å². The minimum Gasteiger partial charge on any atom is -0.454 e. The Bertz CT molecular complexity index is 853. The van der Waals surface area contributed by atoms with Crippen LogP contribution in [0.5, 0.6) is 11.5 Å². The maximum absolute atomic E-state index is 10.0. The van der Waals surface area contributed by atoms with Crippen molar-refractivity contribution in [2.24, 2.45) is 0 Å². The lowest BCUT2D eigenvalue weighted by Gasteiger charge is -2.08. The van der Waals surface area contributed by atoms with Crippen molar-refractivity contribution in [2.75, 3.05) is 19.2 Å². The summed E-state index contributed by atoms with van der Waals surface area (Å²) < 4.78 is 21.8. The largest absolute Gasteiger partial charge is 0.454 e. The van der Waals surface area contributed by atoms with Crippen LogP contribution in [0.15, 0.2) is 45.4 Å². The van der Waals surface area contributed by atoms with Crippen LogP contribution in [-0.2, 0) is 11.3 Å². The number of benzene rings is 1. The topological polar surface area (TPSA) is 86.8 Å². The molecule has 1 atom stereocenters. The zero-order valence-corrected chi connectivity index (χ0v) is 15.3. The van der Waals surface area contributed by atoms with Crippen molar-refractivity contribution in [1.82, 2.24) is 10.2 Å². The van der Waals surface area contributed by atoms with Crippen LogP contribution in [0.4, 0.5) is 0 Å². The zero-order valence-electron chi connectivity index (χ0n) is 13.7. The van der Waals surface area contributed by atoms with Crippen LogP contribution in [0, 0.1) is 0 Å². The van der Waals surface area contributed by atoms with E-state index >= 15 is 0 Å². The molecule has 9 heteroatoms. The van der Waals surface area contributed by atoms with Crippen LogP contribution in [0.25, 0.3) is 11.5 Å². The number of fused-ring (bicyclic) bond motifs is 1. The summed E-state index contributed by atoms with van der Waals surface area (Å²) in [6.07, 6.45) is -0.610. The van der Waals surface area contributed by atoms with E-state index in [1.807, 2.05) is 29.6 Å². The Labute approximate surface area is 157 Å². The fourth-order valence-electron chi connectivity index (χ4n) is 2.32. The summed E-state index contributed by atoms with van der Waals surface area (Å²) in [6, 6.07) is 9.43. The van der Waals surface area contributed by atoms with Gasteiger partial charge in [-0.3, -0.25) is 0 Å². The molecule has 1 aliphatic heterocycles. The van der Waals surface area contributed by atoms with Crippen LogP contribution in [0.1, 0.15) is 4.88 Å². The molecule has 1 N–H and O–H groups in total. The first kappa shape index (κ1) is 17.3. The molecule has 0 unspecified atom stereocenters. The Morgan fingerprint density at radius 3 is 3.04 bits per heavy atom. The third-order valence-corrected chi connectivity index (χ3v) is 5.37. The second-order valence-corrected chi connectivity index (χ2v) is 7.50. The summed E-state index contributed by atoms with van der Waals surface area (Å²) in [6.45, 7) is 0.985. The molecule has 7 nitrogen and oxygen atoms in total. The van der Waals surface area contributed by atoms with E-state index in [0.717, 1.165) is 10.4 Å². The Balaban J connectivity index is 1.27. The Morgan fingerprint density at radius 1 is 1.23 bits per heavy atom. The van der Waals surface area contributed by atoms with E-state index in [9.17, 15) is 5.11 Å². The van der Waals surface area contributed by atoms with Gasteiger partial charge in [0.2, 0.25) is 12.7 Å². The van der Waals surface area contributed by atoms with Gasteiger partial charge in [0.1, 0.15) is 0 Å². The lowest BCUT2D eigenvalue weighted by molar-refractivity contribution is 0.0408. The molecular weight excluding hydrogens is 376 g/mol. The Morgan fingerprint density at radius 2 is 2.15 bits per heavy atom. The van der Waals surface area contributed by atoms with E-state index in [0.29, 0.717) is 35.0 Å². The van der Waals surface area contributed by atoms with Gasteiger partial charge in [0.15, 0.2) is 11.5 Å². The van der Waals surface area contributed by atoms with Crippen molar-refractivity contribution in [2.45, 2.75) is 17.9 Å². The van der Waals surface area contributed by atoms with E-state index in [-0.39, 0.29) is 13.4 Å². The minimum atomic E-state index is -0.610. The van der Waals surface area contributed by atoms with Crippen LogP contribution in [-0.4, -0.2) is 40.6 Å². The molecule has 0 fully saturated rings. The number of aliphatic hydroxyl groups excluding tert-OH is 1. The van der Waals surface area contributed by atoms with Gasteiger partial charge in [-0.15, -0.1) is 21.5 Å². The van der Waals surface area contributed by atoms with Crippen molar-refractivity contribution in [3.63, 3.8) is 0 Å². The smallest absolute Gasteiger partial charge is 0.276 e. The monoisotopic (exact) mass is 392 g/mol. The summed E-state index contributed by atoms with van der Waals surface area (Å²) >= 11 is 2.92. The fourth-order valence-corrected chi connectivity index (χ4v) is 3.63. The molecule has 0 spiro atoms. The van der Waals surface area contributed by atoms with Gasteiger partial charge in [0.05, 0.1) is 19.3 Å². The normalized spacial score (nSPS) is 13.9. The highest BCUT2D eigenvalue weighted by atomic mass is 32.2. The molecule has 1 aliphatic rings. The summed E-state index contributed by atoms with van der Waals surface area (Å²) in [4.78, 5) is 1.13. The number of ether oxygens (including phenoxy) is 3. The molecule has 4 rings (SSSR count). The minimum absolute atomic E-state index is 0.218. The number of aliphatic hydroxyl groups is 1. The Kier molecular flexibility index (Phi) is 5.40. The second-order valence-electron chi connectivity index (χ2n) is 5.50. The highest BCUT2D eigenvalue weighted by Crippen LogP contribution is 2.36. The van der Waals surface area contributed by atoms with Gasteiger partial charge in [0.25, 0.3) is 5.22 Å². The van der Waals surface area contributed by atoms with Crippen LogP contribution in [0.2, 0.25) is 0 Å². The van der Waals surface area contributed by atoms with Crippen molar-refractivity contribution >= 4 is 23.1 Å². The predicted molar refractivity (Wildman–Crippen MR) is 96.6 cm³/mol. The Hall–Kier alpha value is -2.07. The standard InChI is InChI=1S/C17H16N2O5S2/c20-12(7-21-8-13-2-1-5-25-13)9-26-17-19-18-16(24-17)11-3-4-14-15(6-11)23-10-22-14/h1-6,12,20H,7-10H2/t12-/m1/s1. The first-order chi connectivity index (χ1) is 12.8. The molecule has 0 radical (unpaired) electrons. The molecule has 0 saturated carbocycles. The van der Waals surface area contributed by atoms with Crippen LogP contribution < -0.4 is 9.47 Å². The van der Waals surface area contributed by atoms with Crippen molar-refractivity contribution in [3.05, 3.63) is 40.6 Å². The number of nitrogens with zero attached hydrogens (tertiary/aromatic N) is 2. The molecule has 1 aromatic carbocycles. The zero-order chi connectivity index (χ0) is 17.8. The predicted octanol–water partition coefficient (Wildman–Crippen LogP) is 3.20. The summed E-state index contributed by atoms with van der Waals surface area (Å²) in [5, 5.41) is 20.4. The highest BCUT2D eigenvalue weighted by molar-refractivity contribution is 7.99. The number of thioether (sulfide) groups is 1. The number of hydrogen-bond donors (Lipinski definition) is 1. The number of rotatable bonds is 8. The summed E-state index contributed by atoms with van der Waals surface area (Å²) in [5.41, 5.74) is 0.758. The molecule has 136 valence electrons. The van der Waals surface area contributed by atoms with Crippen LogP contribution >= 0.6 is 23.1 Å². The maximum Gasteiger partial charge on any atom is 0.276 e. The van der Waals surface area contributed by atoms with Crippen molar-refractivity contribution in [3.8, 4) is 23.0 Å². The van der Waals surface area contributed by atoms with Crippen molar-refractivity contribution < 1.29 is 23.7 Å². The quantitative estimate of drug-likeness (QED) is 0.585. The first-order valence-corrected chi connectivity index (χ1v) is 9.79. The first-order valence-electron chi connectivity index (χ1n) is 7.92. The summed E-state index contributed by atoms with van der Waals surface area (Å²) in [7, 11) is 0. The SMILES string of the molecule is O[C@H](COCc1cccs1)CSc1nnc(-c2ccc3c(c2)OCO3)o1. The molecule has 3 heterocycles. The molecule has 0 saturated heterocycles. The van der Waals surface area contributed by atoms with Gasteiger partial charge >= 0.3 is 0 Å². The van der Waals surface area contributed by atoms with E-state index < -0.39 is 6.10 Å². The molecule has 0 aliphatic carbocycles. The third kappa shape index (κ3) is 4.18. The number of thiophene rings is 1. The molecule has 2 aromatic heterocycles. The number of aromatic nitrogens is 2. The average Bonchev–Trinajstić information content (AvgIpc) is 3.40. The lowest BCUT2D eigenvalue weighted by Crippen LogP contribution is -2.17. The van der Waals surface area contributed by atoms with E-state index in [1.165, 1.54) is 11.8 Å². The van der Waals surface area contributed by atoms with E-state index in [2.05, 4.69) is 10.2 Å². The second kappa shape index (κ2) is 8.09. The molecule has 26 heavy (non-hydrogen) atoms. The molecular formula is C17H16N2O5S2. The van der Waals surface area contributed by atoms with Gasteiger partial charge in [-0.2, -0.15) is 0 Å².